The molecule has 0 amide bonds. The molecule has 6 heteroatoms. The van der Waals surface area contributed by atoms with Crippen molar-refractivity contribution in [2.45, 2.75) is 98.3 Å². The lowest BCUT2D eigenvalue weighted by Gasteiger charge is -2.16. The van der Waals surface area contributed by atoms with E-state index in [0.29, 0.717) is 32.0 Å². The molecule has 0 aromatic carbocycles. The van der Waals surface area contributed by atoms with Gasteiger partial charge in [-0.25, -0.2) is 0 Å². The predicted molar refractivity (Wildman–Crippen MR) is 118 cm³/mol. The highest BCUT2D eigenvalue weighted by Gasteiger charge is 2.24. The Balaban J connectivity index is 4.18. The first kappa shape index (κ1) is 28.4. The molecule has 0 aromatic rings. The van der Waals surface area contributed by atoms with E-state index >= 15 is 0 Å². The predicted octanol–water partition coefficient (Wildman–Crippen LogP) is 5.47. The van der Waals surface area contributed by atoms with E-state index in [1.54, 1.807) is 0 Å². The third kappa shape index (κ3) is 17.3. The highest BCUT2D eigenvalue weighted by atomic mass is 16.5. The molecule has 0 saturated heterocycles. The lowest BCUT2D eigenvalue weighted by molar-refractivity contribution is -0.156. The Bertz CT molecular complexity index is 472. The van der Waals surface area contributed by atoms with Crippen molar-refractivity contribution in [3.63, 3.8) is 0 Å². The van der Waals surface area contributed by atoms with Crippen LogP contribution in [-0.4, -0.2) is 38.2 Å². The van der Waals surface area contributed by atoms with E-state index in [2.05, 4.69) is 18.6 Å². The zero-order chi connectivity index (χ0) is 22.8. The number of carbonyl (C=O) groups is 3. The van der Waals surface area contributed by atoms with Gasteiger partial charge in [-0.3, -0.25) is 14.4 Å². The average molecular weight is 429 g/mol. The summed E-state index contributed by atoms with van der Waals surface area (Å²) >= 11 is 0. The Labute approximate surface area is 183 Å². The third-order valence-corrected chi connectivity index (χ3v) is 4.92. The second-order valence-corrected chi connectivity index (χ2v) is 8.92. The molecule has 0 radical (unpaired) electrons. The Morgan fingerprint density at radius 3 is 1.87 bits per heavy atom. The minimum absolute atomic E-state index is 0.0980. The number of esters is 3. The number of rotatable bonds is 18. The van der Waals surface area contributed by atoms with Crippen LogP contribution in [0, 0.1) is 17.8 Å². The number of methoxy groups -OCH3 is 1. The molecule has 1 unspecified atom stereocenters. The maximum atomic E-state index is 12.4. The smallest absolute Gasteiger partial charge is 0.309 e. The highest BCUT2D eigenvalue weighted by Crippen LogP contribution is 2.19. The molecule has 0 rings (SSSR count). The summed E-state index contributed by atoms with van der Waals surface area (Å²) in [5.41, 5.74) is 0. The van der Waals surface area contributed by atoms with Crippen molar-refractivity contribution in [2.24, 2.45) is 17.8 Å². The minimum Gasteiger partial charge on any atom is -0.469 e. The summed E-state index contributed by atoms with van der Waals surface area (Å²) in [5.74, 6) is -0.414. The lowest BCUT2D eigenvalue weighted by Crippen LogP contribution is -2.23. The Morgan fingerprint density at radius 2 is 1.30 bits per heavy atom. The number of hydrogen-bond donors (Lipinski definition) is 0. The van der Waals surface area contributed by atoms with Crippen molar-refractivity contribution in [1.29, 1.82) is 0 Å². The molecular weight excluding hydrogens is 384 g/mol. The lowest BCUT2D eigenvalue weighted by atomic mass is 9.97. The van der Waals surface area contributed by atoms with E-state index in [1.807, 2.05) is 13.8 Å². The van der Waals surface area contributed by atoms with E-state index in [-0.39, 0.29) is 30.2 Å². The van der Waals surface area contributed by atoms with Crippen LogP contribution in [-0.2, 0) is 28.6 Å². The van der Waals surface area contributed by atoms with Crippen LogP contribution >= 0.6 is 0 Å². The van der Waals surface area contributed by atoms with Gasteiger partial charge in [-0.05, 0) is 31.1 Å². The molecule has 0 saturated carbocycles. The second-order valence-electron chi connectivity index (χ2n) is 8.92. The first-order valence-electron chi connectivity index (χ1n) is 11.6. The van der Waals surface area contributed by atoms with Gasteiger partial charge in [0.2, 0.25) is 0 Å². The fourth-order valence-corrected chi connectivity index (χ4v) is 2.98. The Kier molecular flexibility index (Phi) is 17.2. The fourth-order valence-electron chi connectivity index (χ4n) is 2.98. The summed E-state index contributed by atoms with van der Waals surface area (Å²) in [5, 5.41) is 0. The molecule has 176 valence electrons. The van der Waals surface area contributed by atoms with Crippen LogP contribution in [0.2, 0.25) is 0 Å². The van der Waals surface area contributed by atoms with Crippen LogP contribution in [0.15, 0.2) is 0 Å². The van der Waals surface area contributed by atoms with E-state index < -0.39 is 5.92 Å². The summed E-state index contributed by atoms with van der Waals surface area (Å²) in [6.07, 6.45) is 9.18. The topological polar surface area (TPSA) is 78.9 Å². The second kappa shape index (κ2) is 18.2. The number of hydrogen-bond acceptors (Lipinski definition) is 6. The van der Waals surface area contributed by atoms with Crippen molar-refractivity contribution < 1.29 is 28.6 Å². The van der Waals surface area contributed by atoms with Crippen molar-refractivity contribution in [2.75, 3.05) is 20.3 Å². The molecule has 0 aliphatic carbocycles. The largest absolute Gasteiger partial charge is 0.469 e. The monoisotopic (exact) mass is 428 g/mol. The first-order valence-corrected chi connectivity index (χ1v) is 11.6. The summed E-state index contributed by atoms with van der Waals surface area (Å²) in [4.78, 5) is 35.6. The van der Waals surface area contributed by atoms with Gasteiger partial charge in [0.1, 0.15) is 0 Å². The minimum atomic E-state index is -0.420. The SMILES string of the molecule is COC(=O)CCCCCCCCCC(CC(=O)OCC(C)C)C(=O)OCCC(C)C. The van der Waals surface area contributed by atoms with Crippen LogP contribution in [0.25, 0.3) is 0 Å². The van der Waals surface area contributed by atoms with Crippen molar-refractivity contribution in [3.8, 4) is 0 Å². The molecular formula is C24H44O6. The zero-order valence-electron chi connectivity index (χ0n) is 19.9. The van der Waals surface area contributed by atoms with Crippen LogP contribution < -0.4 is 0 Å². The first-order chi connectivity index (χ1) is 14.3. The summed E-state index contributed by atoms with van der Waals surface area (Å²) in [6, 6.07) is 0. The number of ether oxygens (including phenoxy) is 3. The maximum Gasteiger partial charge on any atom is 0.309 e. The molecule has 1 atom stereocenters. The van der Waals surface area contributed by atoms with Crippen LogP contribution in [0.5, 0.6) is 0 Å². The van der Waals surface area contributed by atoms with Gasteiger partial charge in [-0.2, -0.15) is 0 Å². The quantitative estimate of drug-likeness (QED) is 0.164. The van der Waals surface area contributed by atoms with Gasteiger partial charge in [0, 0.05) is 6.42 Å². The molecule has 0 aliphatic rings. The zero-order valence-corrected chi connectivity index (χ0v) is 19.9. The van der Waals surface area contributed by atoms with Gasteiger partial charge < -0.3 is 14.2 Å². The van der Waals surface area contributed by atoms with E-state index in [9.17, 15) is 14.4 Å². The van der Waals surface area contributed by atoms with Crippen LogP contribution in [0.1, 0.15) is 98.3 Å². The molecule has 0 aliphatic heterocycles. The molecule has 0 aromatic heterocycles. The van der Waals surface area contributed by atoms with Gasteiger partial charge in [0.15, 0.2) is 0 Å². The standard InChI is InChI=1S/C24H44O6/c1-19(2)15-16-29-24(27)21(17-23(26)30-18-20(3)4)13-11-9-7-6-8-10-12-14-22(25)28-5/h19-21H,6-18H2,1-5H3. The van der Waals surface area contributed by atoms with Gasteiger partial charge in [0.25, 0.3) is 0 Å². The van der Waals surface area contributed by atoms with Gasteiger partial charge in [0.05, 0.1) is 32.7 Å². The normalized spacial score (nSPS) is 12.1. The van der Waals surface area contributed by atoms with Crippen molar-refractivity contribution >= 4 is 17.9 Å². The van der Waals surface area contributed by atoms with Crippen LogP contribution in [0.4, 0.5) is 0 Å². The fraction of sp³-hybridized carbons (Fsp3) is 0.875. The molecule has 6 nitrogen and oxygen atoms in total. The molecule has 0 bridgehead atoms. The van der Waals surface area contributed by atoms with Crippen LogP contribution in [0.3, 0.4) is 0 Å². The summed E-state index contributed by atoms with van der Waals surface area (Å²) in [7, 11) is 1.42. The van der Waals surface area contributed by atoms with E-state index in [0.717, 1.165) is 51.4 Å². The Hall–Kier alpha value is -1.59. The third-order valence-electron chi connectivity index (χ3n) is 4.92. The van der Waals surface area contributed by atoms with E-state index in [1.165, 1.54) is 7.11 Å². The van der Waals surface area contributed by atoms with Gasteiger partial charge in [-0.1, -0.05) is 66.2 Å². The van der Waals surface area contributed by atoms with E-state index in [4.69, 9.17) is 9.47 Å². The molecule has 0 N–H and O–H groups in total. The molecule has 0 fully saturated rings. The van der Waals surface area contributed by atoms with Crippen molar-refractivity contribution in [3.05, 3.63) is 0 Å². The number of carbonyl (C=O) groups excluding carboxylic acids is 3. The summed E-state index contributed by atoms with van der Waals surface area (Å²) < 4.78 is 15.3. The molecule has 0 spiro atoms. The number of unbranched alkanes of at least 4 members (excludes halogenated alkanes) is 6. The summed E-state index contributed by atoms with van der Waals surface area (Å²) in [6.45, 7) is 8.93. The Morgan fingerprint density at radius 1 is 0.700 bits per heavy atom. The average Bonchev–Trinajstić information content (AvgIpc) is 2.69. The van der Waals surface area contributed by atoms with Crippen molar-refractivity contribution in [1.82, 2.24) is 0 Å². The maximum absolute atomic E-state index is 12.4. The van der Waals surface area contributed by atoms with Gasteiger partial charge in [-0.15, -0.1) is 0 Å². The highest BCUT2D eigenvalue weighted by molar-refractivity contribution is 5.79. The van der Waals surface area contributed by atoms with Gasteiger partial charge >= 0.3 is 17.9 Å². The molecule has 30 heavy (non-hydrogen) atoms. The molecule has 0 heterocycles.